The summed E-state index contributed by atoms with van der Waals surface area (Å²) < 4.78 is 2.84. The molecule has 6 heteroatoms. The Balaban J connectivity index is 0.00000180. The number of piperidine rings is 1. The molecule has 1 aromatic rings. The molecule has 0 bridgehead atoms. The van der Waals surface area contributed by atoms with Gasteiger partial charge in [0, 0.05) is 30.8 Å². The minimum absolute atomic E-state index is 0. The number of nitrogens with zero attached hydrogens (tertiary/aromatic N) is 2. The lowest BCUT2D eigenvalue weighted by Gasteiger charge is -2.32. The molecular weight excluding hydrogens is 330 g/mol. The van der Waals surface area contributed by atoms with Gasteiger partial charge in [-0.2, -0.15) is 0 Å². The van der Waals surface area contributed by atoms with Crippen molar-refractivity contribution < 1.29 is 4.79 Å². The third kappa shape index (κ3) is 3.97. The fourth-order valence-corrected chi connectivity index (χ4v) is 3.05. The van der Waals surface area contributed by atoms with Crippen LogP contribution in [0.15, 0.2) is 16.7 Å². The molecule has 1 saturated heterocycles. The van der Waals surface area contributed by atoms with Crippen molar-refractivity contribution in [3.05, 3.63) is 22.4 Å². The van der Waals surface area contributed by atoms with Gasteiger partial charge in [-0.3, -0.25) is 4.79 Å². The molecule has 19 heavy (non-hydrogen) atoms. The predicted octanol–water partition coefficient (Wildman–Crippen LogP) is 2.28. The van der Waals surface area contributed by atoms with Crippen LogP contribution in [-0.2, 0) is 7.05 Å². The maximum absolute atomic E-state index is 12.4. The van der Waals surface area contributed by atoms with Gasteiger partial charge in [0.25, 0.3) is 5.91 Å². The van der Waals surface area contributed by atoms with Crippen LogP contribution >= 0.6 is 28.3 Å². The molecule has 1 amide bonds. The molecule has 0 radical (unpaired) electrons. The van der Waals surface area contributed by atoms with Crippen LogP contribution in [0.2, 0.25) is 0 Å². The summed E-state index contributed by atoms with van der Waals surface area (Å²) in [6, 6.07) is 1.89. The zero-order chi connectivity index (χ0) is 13.1. The Kier molecular flexibility index (Phi) is 6.36. The minimum atomic E-state index is 0. The molecule has 1 fully saturated rings. The van der Waals surface area contributed by atoms with Gasteiger partial charge < -0.3 is 14.8 Å². The molecule has 0 spiro atoms. The van der Waals surface area contributed by atoms with E-state index in [0.29, 0.717) is 5.92 Å². The second-order valence-electron chi connectivity index (χ2n) is 4.95. The van der Waals surface area contributed by atoms with Gasteiger partial charge in [0.2, 0.25) is 0 Å². The number of carbonyl (C=O) groups is 1. The van der Waals surface area contributed by atoms with Crippen LogP contribution < -0.4 is 5.32 Å². The Morgan fingerprint density at radius 2 is 2.11 bits per heavy atom. The average molecular weight is 351 g/mol. The second kappa shape index (κ2) is 7.31. The lowest BCUT2D eigenvalue weighted by Crippen LogP contribution is -2.41. The first-order chi connectivity index (χ1) is 8.61. The molecule has 108 valence electrons. The Morgan fingerprint density at radius 3 is 2.58 bits per heavy atom. The van der Waals surface area contributed by atoms with Gasteiger partial charge in [-0.05, 0) is 54.3 Å². The van der Waals surface area contributed by atoms with Crippen LogP contribution in [0, 0.1) is 5.92 Å². The van der Waals surface area contributed by atoms with E-state index in [4.69, 9.17) is 0 Å². The first kappa shape index (κ1) is 16.5. The third-order valence-corrected chi connectivity index (χ3v) is 4.02. The number of likely N-dealkylation sites (tertiary alicyclic amines) is 1. The molecule has 2 heterocycles. The first-order valence-electron chi connectivity index (χ1n) is 6.37. The van der Waals surface area contributed by atoms with E-state index < -0.39 is 0 Å². The van der Waals surface area contributed by atoms with Gasteiger partial charge in [-0.1, -0.05) is 0 Å². The lowest BCUT2D eigenvalue weighted by molar-refractivity contribution is 0.0681. The van der Waals surface area contributed by atoms with Crippen molar-refractivity contribution in [1.82, 2.24) is 14.8 Å². The standard InChI is InChI=1S/C13H20BrN3O.ClH/c1-15-8-10-3-5-17(6-4-10)13(18)12-7-11(14)9-16(12)2;/h7,9-10,15H,3-6,8H2,1-2H3;1H. The number of hydrogen-bond donors (Lipinski definition) is 1. The van der Waals surface area contributed by atoms with Crippen LogP contribution in [-0.4, -0.2) is 42.1 Å². The molecule has 4 nitrogen and oxygen atoms in total. The fourth-order valence-electron chi connectivity index (χ4n) is 2.53. The van der Waals surface area contributed by atoms with Crippen LogP contribution in [0.1, 0.15) is 23.3 Å². The largest absolute Gasteiger partial charge is 0.345 e. The highest BCUT2D eigenvalue weighted by Gasteiger charge is 2.24. The van der Waals surface area contributed by atoms with Gasteiger partial charge in [-0.15, -0.1) is 12.4 Å². The maximum Gasteiger partial charge on any atom is 0.270 e. The number of hydrogen-bond acceptors (Lipinski definition) is 2. The molecule has 0 atom stereocenters. The van der Waals surface area contributed by atoms with Crippen molar-refractivity contribution in [2.75, 3.05) is 26.7 Å². The molecule has 1 aliphatic heterocycles. The Morgan fingerprint density at radius 1 is 1.47 bits per heavy atom. The van der Waals surface area contributed by atoms with Crippen molar-refractivity contribution in [2.45, 2.75) is 12.8 Å². The molecule has 2 rings (SSSR count). The summed E-state index contributed by atoms with van der Waals surface area (Å²) in [5.74, 6) is 0.852. The topological polar surface area (TPSA) is 37.3 Å². The molecular formula is C13H21BrClN3O. The van der Waals surface area contributed by atoms with E-state index >= 15 is 0 Å². The molecule has 1 aromatic heterocycles. The smallest absolute Gasteiger partial charge is 0.270 e. The van der Waals surface area contributed by atoms with Gasteiger partial charge >= 0.3 is 0 Å². The Bertz CT molecular complexity index is 428. The highest BCUT2D eigenvalue weighted by molar-refractivity contribution is 9.10. The molecule has 1 aliphatic rings. The summed E-state index contributed by atoms with van der Waals surface area (Å²) in [5, 5.41) is 3.21. The number of carbonyl (C=O) groups excluding carboxylic acids is 1. The monoisotopic (exact) mass is 349 g/mol. The SMILES string of the molecule is CNCC1CCN(C(=O)c2cc(Br)cn2C)CC1.Cl. The summed E-state index contributed by atoms with van der Waals surface area (Å²) in [5.41, 5.74) is 0.758. The predicted molar refractivity (Wildman–Crippen MR) is 82.9 cm³/mol. The molecule has 0 unspecified atom stereocenters. The van der Waals surface area contributed by atoms with E-state index in [1.807, 2.05) is 35.8 Å². The van der Waals surface area contributed by atoms with E-state index in [0.717, 1.165) is 42.6 Å². The number of aromatic nitrogens is 1. The van der Waals surface area contributed by atoms with Gasteiger partial charge in [0.15, 0.2) is 0 Å². The van der Waals surface area contributed by atoms with E-state index in [1.165, 1.54) is 0 Å². The highest BCUT2D eigenvalue weighted by atomic mass is 79.9. The van der Waals surface area contributed by atoms with E-state index in [1.54, 1.807) is 0 Å². The van der Waals surface area contributed by atoms with Crippen molar-refractivity contribution >= 4 is 34.2 Å². The second-order valence-corrected chi connectivity index (χ2v) is 5.86. The quantitative estimate of drug-likeness (QED) is 0.908. The maximum atomic E-state index is 12.4. The van der Waals surface area contributed by atoms with E-state index in [9.17, 15) is 4.79 Å². The number of aryl methyl sites for hydroxylation is 1. The first-order valence-corrected chi connectivity index (χ1v) is 7.17. The van der Waals surface area contributed by atoms with Crippen molar-refractivity contribution in [1.29, 1.82) is 0 Å². The van der Waals surface area contributed by atoms with Gasteiger partial charge in [-0.25, -0.2) is 0 Å². The van der Waals surface area contributed by atoms with Crippen molar-refractivity contribution in [2.24, 2.45) is 13.0 Å². The lowest BCUT2D eigenvalue weighted by atomic mass is 9.96. The van der Waals surface area contributed by atoms with Crippen molar-refractivity contribution in [3.8, 4) is 0 Å². The normalized spacial score (nSPS) is 16.3. The number of rotatable bonds is 3. The summed E-state index contributed by atoms with van der Waals surface area (Å²) in [7, 11) is 3.89. The number of amides is 1. The average Bonchev–Trinajstić information content (AvgIpc) is 2.69. The molecule has 1 N–H and O–H groups in total. The highest BCUT2D eigenvalue weighted by Crippen LogP contribution is 2.20. The zero-order valence-electron chi connectivity index (χ0n) is 11.4. The Labute approximate surface area is 129 Å². The van der Waals surface area contributed by atoms with Crippen LogP contribution in [0.4, 0.5) is 0 Å². The molecule has 0 aliphatic carbocycles. The van der Waals surface area contributed by atoms with Gasteiger partial charge in [0.05, 0.1) is 0 Å². The summed E-state index contributed by atoms with van der Waals surface area (Å²) >= 11 is 3.41. The Hall–Kier alpha value is -0.520. The van der Waals surface area contributed by atoms with Gasteiger partial charge in [0.1, 0.15) is 5.69 Å². The number of nitrogens with one attached hydrogen (secondary N) is 1. The minimum Gasteiger partial charge on any atom is -0.345 e. The summed E-state index contributed by atoms with van der Waals surface area (Å²) in [6.07, 6.45) is 4.11. The van der Waals surface area contributed by atoms with E-state index in [2.05, 4.69) is 21.2 Å². The summed E-state index contributed by atoms with van der Waals surface area (Å²) in [6.45, 7) is 2.79. The van der Waals surface area contributed by atoms with Crippen LogP contribution in [0.25, 0.3) is 0 Å². The third-order valence-electron chi connectivity index (χ3n) is 3.59. The van der Waals surface area contributed by atoms with Crippen LogP contribution in [0.3, 0.4) is 0 Å². The van der Waals surface area contributed by atoms with Crippen molar-refractivity contribution in [3.63, 3.8) is 0 Å². The zero-order valence-corrected chi connectivity index (χ0v) is 13.8. The fraction of sp³-hybridized carbons (Fsp3) is 0.615. The molecule has 0 aromatic carbocycles. The number of halogens is 2. The van der Waals surface area contributed by atoms with E-state index in [-0.39, 0.29) is 18.3 Å². The van der Waals surface area contributed by atoms with Crippen LogP contribution in [0.5, 0.6) is 0 Å². The molecule has 0 saturated carbocycles. The summed E-state index contributed by atoms with van der Waals surface area (Å²) in [4.78, 5) is 14.3.